The Balaban J connectivity index is 3.21. The fraction of sp³-hybridized carbons (Fsp3) is 1.00. The van der Waals surface area contributed by atoms with Crippen molar-refractivity contribution in [2.45, 2.75) is 12.8 Å². The average molecular weight is 166 g/mol. The zero-order chi connectivity index (χ0) is 8.04. The van der Waals surface area contributed by atoms with Crippen LogP contribution in [0.2, 0.25) is 0 Å². The van der Waals surface area contributed by atoms with Gasteiger partial charge in [-0.3, -0.25) is 0 Å². The lowest BCUT2D eigenvalue weighted by atomic mass is 10.4. The standard InChI is InChI=1S/C6H14O3S/c1-9-5-3-4-6-10(2,7)8/h3-6H2,1-2H3. The Hall–Kier alpha value is -0.0900. The summed E-state index contributed by atoms with van der Waals surface area (Å²) < 4.78 is 25.9. The Bertz CT molecular complexity index is 160. The Kier molecular flexibility index (Phi) is 4.64. The number of rotatable bonds is 5. The van der Waals surface area contributed by atoms with Gasteiger partial charge in [0.1, 0.15) is 9.84 Å². The predicted molar refractivity (Wildman–Crippen MR) is 40.8 cm³/mol. The van der Waals surface area contributed by atoms with Gasteiger partial charge < -0.3 is 4.74 Å². The van der Waals surface area contributed by atoms with E-state index in [0.29, 0.717) is 13.0 Å². The van der Waals surface area contributed by atoms with Gasteiger partial charge in [-0.05, 0) is 12.8 Å². The van der Waals surface area contributed by atoms with Gasteiger partial charge in [0, 0.05) is 25.7 Å². The van der Waals surface area contributed by atoms with Crippen LogP contribution in [0.25, 0.3) is 0 Å². The lowest BCUT2D eigenvalue weighted by Gasteiger charge is -1.97. The van der Waals surface area contributed by atoms with Gasteiger partial charge in [-0.15, -0.1) is 0 Å². The van der Waals surface area contributed by atoms with Gasteiger partial charge in [-0.25, -0.2) is 8.42 Å². The molecule has 0 heterocycles. The Morgan fingerprint density at radius 2 is 1.90 bits per heavy atom. The van der Waals surface area contributed by atoms with E-state index >= 15 is 0 Å². The van der Waals surface area contributed by atoms with Crippen molar-refractivity contribution in [2.75, 3.05) is 25.7 Å². The first-order valence-electron chi connectivity index (χ1n) is 3.23. The maximum Gasteiger partial charge on any atom is 0.147 e. The molecule has 4 heteroatoms. The maximum atomic E-state index is 10.6. The summed E-state index contributed by atoms with van der Waals surface area (Å²) in [7, 11) is -1.15. The Morgan fingerprint density at radius 1 is 1.30 bits per heavy atom. The summed E-state index contributed by atoms with van der Waals surface area (Å²) in [4.78, 5) is 0. The first kappa shape index (κ1) is 9.91. The highest BCUT2D eigenvalue weighted by Crippen LogP contribution is 1.93. The van der Waals surface area contributed by atoms with Crippen LogP contribution in [0.4, 0.5) is 0 Å². The minimum atomic E-state index is -2.76. The molecule has 0 aromatic carbocycles. The van der Waals surface area contributed by atoms with Gasteiger partial charge in [0.15, 0.2) is 0 Å². The van der Waals surface area contributed by atoms with Gasteiger partial charge >= 0.3 is 0 Å². The van der Waals surface area contributed by atoms with Gasteiger partial charge in [0.05, 0.1) is 0 Å². The molecule has 0 radical (unpaired) electrons. The van der Waals surface area contributed by atoms with Crippen molar-refractivity contribution in [2.24, 2.45) is 0 Å². The number of sulfone groups is 1. The van der Waals surface area contributed by atoms with Crippen molar-refractivity contribution < 1.29 is 13.2 Å². The summed E-state index contributed by atoms with van der Waals surface area (Å²) in [6.45, 7) is 0.648. The highest BCUT2D eigenvalue weighted by Gasteiger charge is 1.99. The first-order chi connectivity index (χ1) is 4.56. The zero-order valence-electron chi connectivity index (χ0n) is 6.46. The molecule has 0 fully saturated rings. The number of methoxy groups -OCH3 is 1. The molecule has 0 aliphatic heterocycles. The molecule has 0 N–H and O–H groups in total. The third kappa shape index (κ3) is 7.91. The lowest BCUT2D eigenvalue weighted by Crippen LogP contribution is -2.03. The van der Waals surface area contributed by atoms with Crippen molar-refractivity contribution in [3.05, 3.63) is 0 Å². The molecule has 0 spiro atoms. The fourth-order valence-corrected chi connectivity index (χ4v) is 1.34. The third-order valence-corrected chi connectivity index (χ3v) is 2.14. The van der Waals surface area contributed by atoms with Crippen molar-refractivity contribution >= 4 is 9.84 Å². The second kappa shape index (κ2) is 4.68. The number of hydrogen-bond acceptors (Lipinski definition) is 3. The molecule has 0 saturated heterocycles. The molecule has 0 aromatic rings. The number of ether oxygens (including phenoxy) is 1. The van der Waals surface area contributed by atoms with E-state index in [1.54, 1.807) is 7.11 Å². The maximum absolute atomic E-state index is 10.6. The van der Waals surface area contributed by atoms with Crippen molar-refractivity contribution in [1.29, 1.82) is 0 Å². The Morgan fingerprint density at radius 3 is 2.30 bits per heavy atom. The smallest absolute Gasteiger partial charge is 0.147 e. The van der Waals surface area contributed by atoms with Gasteiger partial charge in [-0.1, -0.05) is 0 Å². The highest BCUT2D eigenvalue weighted by molar-refractivity contribution is 7.90. The van der Waals surface area contributed by atoms with E-state index in [9.17, 15) is 8.42 Å². The van der Waals surface area contributed by atoms with Crippen LogP contribution in [0, 0.1) is 0 Å². The summed E-state index contributed by atoms with van der Waals surface area (Å²) in [5, 5.41) is 0. The normalized spacial score (nSPS) is 11.8. The van der Waals surface area contributed by atoms with E-state index in [2.05, 4.69) is 0 Å². The average Bonchev–Trinajstić information content (AvgIpc) is 1.78. The van der Waals surface area contributed by atoms with Crippen LogP contribution < -0.4 is 0 Å². The van der Waals surface area contributed by atoms with E-state index in [0.717, 1.165) is 6.42 Å². The van der Waals surface area contributed by atoms with E-state index in [1.165, 1.54) is 6.26 Å². The van der Waals surface area contributed by atoms with Crippen LogP contribution in [0.15, 0.2) is 0 Å². The molecule has 62 valence electrons. The quantitative estimate of drug-likeness (QED) is 0.557. The molecule has 0 aromatic heterocycles. The second-order valence-corrected chi connectivity index (χ2v) is 4.59. The summed E-state index contributed by atoms with van der Waals surface area (Å²) in [5.74, 6) is 0.274. The number of hydrogen-bond donors (Lipinski definition) is 0. The first-order valence-corrected chi connectivity index (χ1v) is 5.29. The van der Waals surface area contributed by atoms with E-state index in [-0.39, 0.29) is 5.75 Å². The van der Waals surface area contributed by atoms with Crippen LogP contribution in [-0.2, 0) is 14.6 Å². The minimum Gasteiger partial charge on any atom is -0.385 e. The predicted octanol–water partition coefficient (Wildman–Crippen LogP) is 0.458. The monoisotopic (exact) mass is 166 g/mol. The SMILES string of the molecule is COCCCCS(C)(=O)=O. The summed E-state index contributed by atoms with van der Waals surface area (Å²) in [6, 6.07) is 0. The van der Waals surface area contributed by atoms with E-state index < -0.39 is 9.84 Å². The van der Waals surface area contributed by atoms with Crippen LogP contribution in [0.3, 0.4) is 0 Å². The summed E-state index contributed by atoms with van der Waals surface area (Å²) >= 11 is 0. The number of unbranched alkanes of at least 4 members (excludes halogenated alkanes) is 1. The summed E-state index contributed by atoms with van der Waals surface area (Å²) in [5.41, 5.74) is 0. The highest BCUT2D eigenvalue weighted by atomic mass is 32.2. The van der Waals surface area contributed by atoms with E-state index in [1.807, 2.05) is 0 Å². The molecule has 0 unspecified atom stereocenters. The van der Waals surface area contributed by atoms with Crippen molar-refractivity contribution in [1.82, 2.24) is 0 Å². The lowest BCUT2D eigenvalue weighted by molar-refractivity contribution is 0.194. The molecular weight excluding hydrogens is 152 g/mol. The van der Waals surface area contributed by atoms with Gasteiger partial charge in [0.25, 0.3) is 0 Å². The van der Waals surface area contributed by atoms with Crippen molar-refractivity contribution in [3.63, 3.8) is 0 Å². The van der Waals surface area contributed by atoms with Crippen molar-refractivity contribution in [3.8, 4) is 0 Å². The topological polar surface area (TPSA) is 43.4 Å². The van der Waals surface area contributed by atoms with Gasteiger partial charge in [0.2, 0.25) is 0 Å². The van der Waals surface area contributed by atoms with E-state index in [4.69, 9.17) is 4.74 Å². The second-order valence-electron chi connectivity index (χ2n) is 2.33. The van der Waals surface area contributed by atoms with Crippen LogP contribution in [0.5, 0.6) is 0 Å². The Labute approximate surface area is 62.3 Å². The zero-order valence-corrected chi connectivity index (χ0v) is 7.28. The molecule has 0 aliphatic rings. The van der Waals surface area contributed by atoms with Gasteiger partial charge in [-0.2, -0.15) is 0 Å². The molecule has 0 bridgehead atoms. The molecular formula is C6H14O3S. The van der Waals surface area contributed by atoms with Crippen LogP contribution in [-0.4, -0.2) is 34.1 Å². The third-order valence-electron chi connectivity index (χ3n) is 1.11. The molecule has 0 atom stereocenters. The summed E-state index contributed by atoms with van der Waals surface area (Å²) in [6.07, 6.45) is 2.77. The minimum absolute atomic E-state index is 0.274. The fourth-order valence-electron chi connectivity index (χ4n) is 0.611. The van der Waals surface area contributed by atoms with Crippen LogP contribution in [0.1, 0.15) is 12.8 Å². The molecule has 10 heavy (non-hydrogen) atoms. The van der Waals surface area contributed by atoms with Crippen LogP contribution >= 0.6 is 0 Å². The molecule has 0 saturated carbocycles. The largest absolute Gasteiger partial charge is 0.385 e. The molecule has 3 nitrogen and oxygen atoms in total. The molecule has 0 amide bonds. The molecule has 0 rings (SSSR count). The molecule has 0 aliphatic carbocycles.